The zero-order valence-electron chi connectivity index (χ0n) is 12.1. The highest BCUT2D eigenvalue weighted by Gasteiger charge is 2.15. The average molecular weight is 279 g/mol. The molecule has 0 spiro atoms. The van der Waals surface area contributed by atoms with E-state index in [-0.39, 0.29) is 0 Å². The van der Waals surface area contributed by atoms with E-state index in [9.17, 15) is 5.11 Å². The molecule has 0 heterocycles. The predicted octanol–water partition coefficient (Wildman–Crippen LogP) is 4.72. The number of hydrogen-bond donors (Lipinski definition) is 1. The molecule has 1 N–H and O–H groups in total. The summed E-state index contributed by atoms with van der Waals surface area (Å²) in [6, 6.07) is 5.72. The molecule has 1 nitrogen and oxygen atoms in total. The van der Waals surface area contributed by atoms with Gasteiger partial charge in [-0.15, -0.1) is 0 Å². The van der Waals surface area contributed by atoms with Crippen molar-refractivity contribution in [2.75, 3.05) is 0 Å². The molecule has 0 saturated heterocycles. The van der Waals surface area contributed by atoms with Crippen molar-refractivity contribution in [2.24, 2.45) is 0 Å². The van der Waals surface area contributed by atoms with Crippen molar-refractivity contribution in [3.63, 3.8) is 0 Å². The lowest BCUT2D eigenvalue weighted by Crippen LogP contribution is -2.21. The first kappa shape index (κ1) is 16.1. The van der Waals surface area contributed by atoms with E-state index in [0.717, 1.165) is 35.4 Å². The van der Waals surface area contributed by atoms with Gasteiger partial charge in [-0.2, -0.15) is 0 Å². The highest BCUT2D eigenvalue weighted by molar-refractivity contribution is 6.31. The largest absolute Gasteiger partial charge is 0.378 e. The number of hydrogen-bond acceptors (Lipinski definition) is 1. The maximum atomic E-state index is 10.2. The summed E-state index contributed by atoms with van der Waals surface area (Å²) in [6.45, 7) is 5.92. The fraction of sp³-hybridized carbons (Fsp3) is 0.529. The lowest BCUT2D eigenvalue weighted by Gasteiger charge is -2.15. The lowest BCUT2D eigenvalue weighted by atomic mass is 9.98. The summed E-state index contributed by atoms with van der Waals surface area (Å²) in [5, 5.41) is 10.9. The van der Waals surface area contributed by atoms with Crippen LogP contribution in [0.3, 0.4) is 0 Å². The van der Waals surface area contributed by atoms with Crippen LogP contribution in [0.25, 0.3) is 0 Å². The Balaban J connectivity index is 2.61. The van der Waals surface area contributed by atoms with Crippen LogP contribution >= 0.6 is 11.6 Å². The third kappa shape index (κ3) is 6.14. The highest BCUT2D eigenvalue weighted by atomic mass is 35.5. The van der Waals surface area contributed by atoms with E-state index < -0.39 is 5.60 Å². The Bertz CT molecular complexity index is 466. The molecule has 1 rings (SSSR count). The van der Waals surface area contributed by atoms with Gasteiger partial charge in [0.15, 0.2) is 0 Å². The molecule has 0 amide bonds. The Labute approximate surface area is 122 Å². The molecule has 0 aliphatic rings. The zero-order valence-corrected chi connectivity index (χ0v) is 12.8. The second-order valence-corrected chi connectivity index (χ2v) is 5.71. The molecule has 104 valence electrons. The standard InChI is InChI=1S/C17H23ClO/c1-4-5-6-7-11-17(3,19)12-10-15-9-8-14(2)16(18)13-15/h8-9,13,19H,4-7,11H2,1-3H3. The first-order chi connectivity index (χ1) is 8.94. The minimum Gasteiger partial charge on any atom is -0.378 e. The van der Waals surface area contributed by atoms with E-state index in [1.807, 2.05) is 25.1 Å². The highest BCUT2D eigenvalue weighted by Crippen LogP contribution is 2.17. The Morgan fingerprint density at radius 1 is 1.26 bits per heavy atom. The van der Waals surface area contributed by atoms with E-state index in [1.54, 1.807) is 6.92 Å². The zero-order chi connectivity index (χ0) is 14.3. The molecule has 0 fully saturated rings. The Morgan fingerprint density at radius 2 is 2.00 bits per heavy atom. The van der Waals surface area contributed by atoms with Crippen LogP contribution in [0.2, 0.25) is 5.02 Å². The quantitative estimate of drug-likeness (QED) is 0.610. The molecular formula is C17H23ClO. The molecule has 0 saturated carbocycles. The first-order valence-corrected chi connectivity index (χ1v) is 7.34. The van der Waals surface area contributed by atoms with Crippen LogP contribution in [0.5, 0.6) is 0 Å². The fourth-order valence-electron chi connectivity index (χ4n) is 1.84. The third-order valence-corrected chi connectivity index (χ3v) is 3.57. The van der Waals surface area contributed by atoms with E-state index in [1.165, 1.54) is 12.8 Å². The first-order valence-electron chi connectivity index (χ1n) is 6.96. The van der Waals surface area contributed by atoms with Crippen LogP contribution in [-0.2, 0) is 0 Å². The van der Waals surface area contributed by atoms with Crippen molar-refractivity contribution >= 4 is 11.6 Å². The van der Waals surface area contributed by atoms with Crippen molar-refractivity contribution < 1.29 is 5.11 Å². The number of halogens is 1. The molecule has 0 bridgehead atoms. The van der Waals surface area contributed by atoms with E-state index in [4.69, 9.17) is 11.6 Å². The van der Waals surface area contributed by atoms with E-state index in [2.05, 4.69) is 18.8 Å². The number of benzene rings is 1. The second-order valence-electron chi connectivity index (χ2n) is 5.30. The van der Waals surface area contributed by atoms with Gasteiger partial charge < -0.3 is 5.11 Å². The van der Waals surface area contributed by atoms with Crippen molar-refractivity contribution in [1.29, 1.82) is 0 Å². The maximum Gasteiger partial charge on any atom is 0.123 e. The van der Waals surface area contributed by atoms with Gasteiger partial charge in [0.1, 0.15) is 5.60 Å². The third-order valence-electron chi connectivity index (χ3n) is 3.17. The maximum absolute atomic E-state index is 10.2. The summed E-state index contributed by atoms with van der Waals surface area (Å²) in [7, 11) is 0. The molecule has 1 atom stereocenters. The number of unbranched alkanes of at least 4 members (excludes halogenated alkanes) is 3. The summed E-state index contributed by atoms with van der Waals surface area (Å²) in [6.07, 6.45) is 5.32. The van der Waals surface area contributed by atoms with Crippen LogP contribution in [0.15, 0.2) is 18.2 Å². The monoisotopic (exact) mass is 278 g/mol. The van der Waals surface area contributed by atoms with Gasteiger partial charge in [0.05, 0.1) is 0 Å². The topological polar surface area (TPSA) is 20.2 Å². The van der Waals surface area contributed by atoms with Gasteiger partial charge in [0.2, 0.25) is 0 Å². The summed E-state index contributed by atoms with van der Waals surface area (Å²) < 4.78 is 0. The summed E-state index contributed by atoms with van der Waals surface area (Å²) >= 11 is 6.05. The predicted molar refractivity (Wildman–Crippen MR) is 82.4 cm³/mol. The summed E-state index contributed by atoms with van der Waals surface area (Å²) in [5.41, 5.74) is 0.980. The van der Waals surface area contributed by atoms with Crippen molar-refractivity contribution in [3.05, 3.63) is 34.3 Å². The number of rotatable bonds is 5. The molecule has 1 aromatic carbocycles. The van der Waals surface area contributed by atoms with E-state index >= 15 is 0 Å². The molecule has 0 aliphatic carbocycles. The van der Waals surface area contributed by atoms with Crippen LogP contribution in [0.4, 0.5) is 0 Å². The van der Waals surface area contributed by atoms with E-state index in [0.29, 0.717) is 0 Å². The molecule has 0 radical (unpaired) electrons. The Hall–Kier alpha value is -0.970. The van der Waals surface area contributed by atoms with Gasteiger partial charge in [0, 0.05) is 10.6 Å². The van der Waals surface area contributed by atoms with Gasteiger partial charge in [-0.05, 0) is 44.4 Å². The van der Waals surface area contributed by atoms with Crippen LogP contribution in [0, 0.1) is 18.8 Å². The molecule has 1 aromatic rings. The molecule has 19 heavy (non-hydrogen) atoms. The average Bonchev–Trinajstić information content (AvgIpc) is 2.36. The molecule has 2 heteroatoms. The normalized spacial score (nSPS) is 13.5. The molecule has 1 unspecified atom stereocenters. The SMILES string of the molecule is CCCCCCC(C)(O)C#Cc1ccc(C)c(Cl)c1. The van der Waals surface area contributed by atoms with Crippen LogP contribution in [-0.4, -0.2) is 10.7 Å². The van der Waals surface area contributed by atoms with Crippen molar-refractivity contribution in [3.8, 4) is 11.8 Å². The Morgan fingerprint density at radius 3 is 2.63 bits per heavy atom. The Kier molecular flexibility index (Phi) is 6.42. The van der Waals surface area contributed by atoms with Gasteiger partial charge in [-0.1, -0.05) is 55.7 Å². The molecular weight excluding hydrogens is 256 g/mol. The van der Waals surface area contributed by atoms with Crippen molar-refractivity contribution in [2.45, 2.75) is 58.5 Å². The van der Waals surface area contributed by atoms with Crippen molar-refractivity contribution in [1.82, 2.24) is 0 Å². The number of aliphatic hydroxyl groups is 1. The van der Waals surface area contributed by atoms with Gasteiger partial charge in [-0.25, -0.2) is 0 Å². The number of aryl methyl sites for hydroxylation is 1. The molecule has 0 aromatic heterocycles. The fourth-order valence-corrected chi connectivity index (χ4v) is 2.02. The van der Waals surface area contributed by atoms with Gasteiger partial charge in [-0.3, -0.25) is 0 Å². The van der Waals surface area contributed by atoms with Crippen LogP contribution in [0.1, 0.15) is 57.1 Å². The summed E-state index contributed by atoms with van der Waals surface area (Å²) in [5.74, 6) is 5.96. The minimum absolute atomic E-state index is 0.717. The van der Waals surface area contributed by atoms with Gasteiger partial charge in [0.25, 0.3) is 0 Å². The smallest absolute Gasteiger partial charge is 0.123 e. The summed E-state index contributed by atoms with van der Waals surface area (Å²) in [4.78, 5) is 0. The van der Waals surface area contributed by atoms with Crippen LogP contribution < -0.4 is 0 Å². The van der Waals surface area contributed by atoms with Gasteiger partial charge >= 0.3 is 0 Å². The minimum atomic E-state index is -0.912. The lowest BCUT2D eigenvalue weighted by molar-refractivity contribution is 0.109. The molecule has 0 aliphatic heterocycles. The second kappa shape index (κ2) is 7.58.